The average Bonchev–Trinajstić information content (AvgIpc) is 2.65. The van der Waals surface area contributed by atoms with E-state index >= 15 is 0 Å². The first-order valence-electron chi connectivity index (χ1n) is 9.87. The van der Waals surface area contributed by atoms with Gasteiger partial charge in [0.15, 0.2) is 0 Å². The van der Waals surface area contributed by atoms with Gasteiger partial charge in [0.1, 0.15) is 0 Å². The summed E-state index contributed by atoms with van der Waals surface area (Å²) in [5.74, 6) is 0.263. The molecule has 0 spiro atoms. The Morgan fingerprint density at radius 2 is 1.86 bits per heavy atom. The first kappa shape index (κ1) is 20.4. The summed E-state index contributed by atoms with van der Waals surface area (Å²) in [4.78, 5) is 12.7. The molecule has 1 atom stereocenters. The van der Waals surface area contributed by atoms with Gasteiger partial charge in [-0.25, -0.2) is 8.42 Å². The minimum absolute atomic E-state index is 0.0432. The summed E-state index contributed by atoms with van der Waals surface area (Å²) >= 11 is 0. The van der Waals surface area contributed by atoms with Gasteiger partial charge in [-0.05, 0) is 67.3 Å². The Hall–Kier alpha value is -2.34. The Morgan fingerprint density at radius 3 is 2.64 bits per heavy atom. The van der Waals surface area contributed by atoms with Gasteiger partial charge in [-0.2, -0.15) is 0 Å². The van der Waals surface area contributed by atoms with E-state index in [1.165, 1.54) is 11.1 Å². The van der Waals surface area contributed by atoms with E-state index in [4.69, 9.17) is 0 Å². The molecule has 0 aliphatic heterocycles. The Morgan fingerprint density at radius 1 is 1.11 bits per heavy atom. The number of hydrogen-bond acceptors (Lipinski definition) is 3. The van der Waals surface area contributed by atoms with Crippen LogP contribution in [-0.4, -0.2) is 20.1 Å². The number of carbonyl (C=O) groups excluding carboxylic acids is 1. The van der Waals surface area contributed by atoms with Crippen molar-refractivity contribution in [1.29, 1.82) is 0 Å². The van der Waals surface area contributed by atoms with E-state index in [0.29, 0.717) is 24.2 Å². The van der Waals surface area contributed by atoms with Gasteiger partial charge in [-0.1, -0.05) is 37.3 Å². The van der Waals surface area contributed by atoms with Gasteiger partial charge in [-0.15, -0.1) is 0 Å². The fourth-order valence-electron chi connectivity index (χ4n) is 3.86. The smallest absolute Gasteiger partial charge is 0.232 e. The lowest BCUT2D eigenvalue weighted by Gasteiger charge is -2.25. The molecular weight excluding hydrogens is 372 g/mol. The zero-order valence-corrected chi connectivity index (χ0v) is 17.3. The molecule has 0 fully saturated rings. The van der Waals surface area contributed by atoms with Gasteiger partial charge in [0.25, 0.3) is 0 Å². The summed E-state index contributed by atoms with van der Waals surface area (Å²) in [7, 11) is -3.37. The van der Waals surface area contributed by atoms with Crippen molar-refractivity contribution in [1.82, 2.24) is 0 Å². The van der Waals surface area contributed by atoms with E-state index < -0.39 is 10.0 Å². The molecule has 0 heterocycles. The molecule has 1 amide bonds. The highest BCUT2D eigenvalue weighted by molar-refractivity contribution is 7.92. The molecule has 2 aromatic carbocycles. The third kappa shape index (κ3) is 4.93. The van der Waals surface area contributed by atoms with Gasteiger partial charge >= 0.3 is 0 Å². The lowest BCUT2D eigenvalue weighted by molar-refractivity contribution is -0.116. The van der Waals surface area contributed by atoms with Crippen LogP contribution in [0.4, 0.5) is 11.4 Å². The molecule has 1 aliphatic carbocycles. The molecule has 150 valence electrons. The van der Waals surface area contributed by atoms with Crippen molar-refractivity contribution in [2.45, 2.75) is 51.9 Å². The standard InChI is InChI=1S/C22H28N2O3S/c1-3-14-28(26,27)24-21-13-7-12-20(16(21)2)23-22(25)15-18-10-6-9-17-8-4-5-11-19(17)18/h4-5,7-8,11-13,18,24H,3,6,9-10,14-15H2,1-2H3,(H,23,25). The van der Waals surface area contributed by atoms with E-state index in [2.05, 4.69) is 28.2 Å². The summed E-state index contributed by atoms with van der Waals surface area (Å²) in [6, 6.07) is 13.6. The summed E-state index contributed by atoms with van der Waals surface area (Å²) < 4.78 is 26.7. The number of anilines is 2. The molecule has 0 bridgehead atoms. The van der Waals surface area contributed by atoms with Crippen LogP contribution >= 0.6 is 0 Å². The van der Waals surface area contributed by atoms with Crippen LogP contribution in [0.2, 0.25) is 0 Å². The molecule has 0 aromatic heterocycles. The number of sulfonamides is 1. The predicted molar refractivity (Wildman–Crippen MR) is 114 cm³/mol. The van der Waals surface area contributed by atoms with E-state index in [0.717, 1.165) is 24.8 Å². The number of carbonyl (C=O) groups is 1. The number of hydrogen-bond donors (Lipinski definition) is 2. The van der Waals surface area contributed by atoms with Crippen LogP contribution in [0, 0.1) is 6.92 Å². The molecule has 0 saturated heterocycles. The Bertz CT molecular complexity index is 954. The van der Waals surface area contributed by atoms with Crippen LogP contribution in [0.3, 0.4) is 0 Å². The predicted octanol–water partition coefficient (Wildman–Crippen LogP) is 4.60. The highest BCUT2D eigenvalue weighted by atomic mass is 32.2. The van der Waals surface area contributed by atoms with Crippen molar-refractivity contribution in [3.05, 3.63) is 59.2 Å². The molecule has 0 radical (unpaired) electrons. The monoisotopic (exact) mass is 400 g/mol. The SMILES string of the molecule is CCCS(=O)(=O)Nc1cccc(NC(=O)CC2CCCc3ccccc32)c1C. The molecule has 2 N–H and O–H groups in total. The molecule has 6 heteroatoms. The van der Waals surface area contributed by atoms with E-state index in [1.807, 2.05) is 19.9 Å². The van der Waals surface area contributed by atoms with Crippen molar-refractivity contribution in [2.75, 3.05) is 15.8 Å². The Kier molecular flexibility index (Phi) is 6.39. The average molecular weight is 401 g/mol. The summed E-state index contributed by atoms with van der Waals surface area (Å²) in [5.41, 5.74) is 4.50. The molecule has 1 unspecified atom stereocenters. The van der Waals surface area contributed by atoms with Crippen LogP contribution in [0.5, 0.6) is 0 Å². The summed E-state index contributed by atoms with van der Waals surface area (Å²) in [6.45, 7) is 3.64. The minimum atomic E-state index is -3.37. The summed E-state index contributed by atoms with van der Waals surface area (Å²) in [6.07, 6.45) is 4.17. The van der Waals surface area contributed by atoms with E-state index in [1.54, 1.807) is 18.2 Å². The van der Waals surface area contributed by atoms with Crippen LogP contribution < -0.4 is 10.0 Å². The van der Waals surface area contributed by atoms with Crippen LogP contribution in [-0.2, 0) is 21.2 Å². The normalized spacial score (nSPS) is 16.3. The molecule has 0 saturated carbocycles. The number of aryl methyl sites for hydroxylation is 1. The molecule has 2 aromatic rings. The lowest BCUT2D eigenvalue weighted by atomic mass is 9.81. The second-order valence-electron chi connectivity index (χ2n) is 7.44. The van der Waals surface area contributed by atoms with Crippen molar-refractivity contribution in [2.24, 2.45) is 0 Å². The summed E-state index contributed by atoms with van der Waals surface area (Å²) in [5, 5.41) is 2.97. The second-order valence-corrected chi connectivity index (χ2v) is 9.28. The van der Waals surface area contributed by atoms with Gasteiger partial charge in [-0.3, -0.25) is 9.52 Å². The van der Waals surface area contributed by atoms with Crippen LogP contribution in [0.15, 0.2) is 42.5 Å². The molecule has 28 heavy (non-hydrogen) atoms. The fourth-order valence-corrected chi connectivity index (χ4v) is 5.06. The number of rotatable bonds is 7. The number of nitrogens with one attached hydrogen (secondary N) is 2. The molecule has 3 rings (SSSR count). The van der Waals surface area contributed by atoms with Crippen molar-refractivity contribution >= 4 is 27.3 Å². The van der Waals surface area contributed by atoms with Gasteiger partial charge in [0.2, 0.25) is 15.9 Å². The second kappa shape index (κ2) is 8.78. The number of amides is 1. The Labute approximate surface area is 167 Å². The molecule has 1 aliphatic rings. The quantitative estimate of drug-likeness (QED) is 0.713. The third-order valence-electron chi connectivity index (χ3n) is 5.27. The molecular formula is C22H28N2O3S. The maximum atomic E-state index is 12.7. The fraction of sp³-hybridized carbons (Fsp3) is 0.409. The van der Waals surface area contributed by atoms with Crippen LogP contribution in [0.1, 0.15) is 55.2 Å². The van der Waals surface area contributed by atoms with Crippen molar-refractivity contribution in [3.8, 4) is 0 Å². The maximum absolute atomic E-state index is 12.7. The topological polar surface area (TPSA) is 75.3 Å². The minimum Gasteiger partial charge on any atom is -0.326 e. The number of fused-ring (bicyclic) bond motifs is 1. The highest BCUT2D eigenvalue weighted by Gasteiger charge is 2.22. The maximum Gasteiger partial charge on any atom is 0.232 e. The van der Waals surface area contributed by atoms with Gasteiger partial charge in [0.05, 0.1) is 11.4 Å². The van der Waals surface area contributed by atoms with Crippen molar-refractivity contribution < 1.29 is 13.2 Å². The van der Waals surface area contributed by atoms with E-state index in [-0.39, 0.29) is 17.6 Å². The lowest BCUT2D eigenvalue weighted by Crippen LogP contribution is -2.20. The van der Waals surface area contributed by atoms with Crippen LogP contribution in [0.25, 0.3) is 0 Å². The zero-order valence-electron chi connectivity index (χ0n) is 16.5. The zero-order chi connectivity index (χ0) is 20.1. The number of benzene rings is 2. The largest absolute Gasteiger partial charge is 0.326 e. The first-order chi connectivity index (χ1) is 13.4. The molecule has 5 nitrogen and oxygen atoms in total. The first-order valence-corrected chi connectivity index (χ1v) is 11.5. The Balaban J connectivity index is 1.71. The highest BCUT2D eigenvalue weighted by Crippen LogP contribution is 2.34. The van der Waals surface area contributed by atoms with Gasteiger partial charge in [0, 0.05) is 12.1 Å². The van der Waals surface area contributed by atoms with E-state index in [9.17, 15) is 13.2 Å². The van der Waals surface area contributed by atoms with Crippen molar-refractivity contribution in [3.63, 3.8) is 0 Å². The van der Waals surface area contributed by atoms with Gasteiger partial charge < -0.3 is 5.32 Å². The third-order valence-corrected chi connectivity index (χ3v) is 6.75.